The molecule has 4 nitrogen and oxygen atoms in total. The highest BCUT2D eigenvalue weighted by Gasteiger charge is 2.18. The Morgan fingerprint density at radius 2 is 1.90 bits per heavy atom. The zero-order chi connectivity index (χ0) is 14.5. The molecule has 1 aliphatic heterocycles. The standard InChI is InChI=1S/C16H27N3O/c1-13(2)19-8-6-18(7-9-19)10-11-20-16-12-15(17)5-4-14(16)3/h4-5,12-13H,6-11,17H2,1-3H3. The average Bonchev–Trinajstić information content (AvgIpc) is 2.43. The fourth-order valence-corrected chi connectivity index (χ4v) is 2.56. The minimum atomic E-state index is 0.656. The molecule has 1 heterocycles. The molecule has 20 heavy (non-hydrogen) atoms. The van der Waals surface area contributed by atoms with Crippen molar-refractivity contribution in [3.8, 4) is 5.75 Å². The van der Waals surface area contributed by atoms with Gasteiger partial charge < -0.3 is 10.5 Å². The van der Waals surface area contributed by atoms with Crippen molar-refractivity contribution in [1.82, 2.24) is 9.80 Å². The number of anilines is 1. The molecule has 1 saturated heterocycles. The number of aryl methyl sites for hydroxylation is 1. The Morgan fingerprint density at radius 3 is 2.55 bits per heavy atom. The van der Waals surface area contributed by atoms with Gasteiger partial charge in [-0.05, 0) is 32.4 Å². The molecule has 1 aromatic rings. The Morgan fingerprint density at radius 1 is 1.20 bits per heavy atom. The van der Waals surface area contributed by atoms with Crippen molar-refractivity contribution < 1.29 is 4.74 Å². The lowest BCUT2D eigenvalue weighted by molar-refractivity contribution is 0.0970. The predicted octanol–water partition coefficient (Wildman–Crippen LogP) is 1.98. The van der Waals surface area contributed by atoms with Gasteiger partial charge in [0.1, 0.15) is 12.4 Å². The van der Waals surface area contributed by atoms with E-state index in [0.29, 0.717) is 6.04 Å². The van der Waals surface area contributed by atoms with E-state index in [0.717, 1.165) is 56.3 Å². The molecule has 0 atom stereocenters. The van der Waals surface area contributed by atoms with Crippen LogP contribution in [0.15, 0.2) is 18.2 Å². The van der Waals surface area contributed by atoms with E-state index >= 15 is 0 Å². The number of nitrogens with two attached hydrogens (primary N) is 1. The number of ether oxygens (including phenoxy) is 1. The molecular formula is C16H27N3O. The van der Waals surface area contributed by atoms with Gasteiger partial charge in [-0.3, -0.25) is 9.80 Å². The molecule has 0 aromatic heterocycles. The van der Waals surface area contributed by atoms with E-state index in [9.17, 15) is 0 Å². The second-order valence-corrected chi connectivity index (χ2v) is 5.84. The third-order valence-corrected chi connectivity index (χ3v) is 4.01. The van der Waals surface area contributed by atoms with Crippen LogP contribution < -0.4 is 10.5 Å². The normalized spacial score (nSPS) is 17.6. The molecule has 0 unspecified atom stereocenters. The zero-order valence-corrected chi connectivity index (χ0v) is 12.9. The van der Waals surface area contributed by atoms with E-state index in [4.69, 9.17) is 10.5 Å². The predicted molar refractivity (Wildman–Crippen MR) is 84.2 cm³/mol. The van der Waals surface area contributed by atoms with Crippen LogP contribution in [0.25, 0.3) is 0 Å². The van der Waals surface area contributed by atoms with Crippen LogP contribution in [0.2, 0.25) is 0 Å². The molecule has 2 rings (SSSR count). The lowest BCUT2D eigenvalue weighted by Gasteiger charge is -2.36. The third-order valence-electron chi connectivity index (χ3n) is 4.01. The smallest absolute Gasteiger partial charge is 0.124 e. The molecule has 1 fully saturated rings. The molecule has 0 saturated carbocycles. The molecular weight excluding hydrogens is 250 g/mol. The highest BCUT2D eigenvalue weighted by molar-refractivity contribution is 5.47. The largest absolute Gasteiger partial charge is 0.492 e. The highest BCUT2D eigenvalue weighted by atomic mass is 16.5. The summed E-state index contributed by atoms with van der Waals surface area (Å²) >= 11 is 0. The number of hydrogen-bond acceptors (Lipinski definition) is 4. The Labute approximate surface area is 122 Å². The molecule has 0 spiro atoms. The quantitative estimate of drug-likeness (QED) is 0.836. The molecule has 4 heteroatoms. The minimum absolute atomic E-state index is 0.656. The monoisotopic (exact) mass is 277 g/mol. The highest BCUT2D eigenvalue weighted by Crippen LogP contribution is 2.20. The Bertz CT molecular complexity index is 426. The van der Waals surface area contributed by atoms with Crippen molar-refractivity contribution in [2.75, 3.05) is 45.1 Å². The van der Waals surface area contributed by atoms with Crippen LogP contribution in [0.5, 0.6) is 5.75 Å². The number of nitrogen functional groups attached to an aromatic ring is 1. The molecule has 0 amide bonds. The second-order valence-electron chi connectivity index (χ2n) is 5.84. The number of rotatable bonds is 5. The summed E-state index contributed by atoms with van der Waals surface area (Å²) in [7, 11) is 0. The topological polar surface area (TPSA) is 41.7 Å². The summed E-state index contributed by atoms with van der Waals surface area (Å²) in [6, 6.07) is 6.48. The number of piperazine rings is 1. The SMILES string of the molecule is Cc1ccc(N)cc1OCCN1CCN(C(C)C)CC1. The first-order valence-electron chi connectivity index (χ1n) is 7.51. The first-order valence-corrected chi connectivity index (χ1v) is 7.51. The van der Waals surface area contributed by atoms with E-state index < -0.39 is 0 Å². The molecule has 1 aromatic carbocycles. The summed E-state index contributed by atoms with van der Waals surface area (Å²) in [5, 5.41) is 0. The van der Waals surface area contributed by atoms with E-state index in [1.165, 1.54) is 0 Å². The van der Waals surface area contributed by atoms with Crippen LogP contribution in [-0.4, -0.2) is 55.2 Å². The lowest BCUT2D eigenvalue weighted by Crippen LogP contribution is -2.49. The van der Waals surface area contributed by atoms with Gasteiger partial charge in [0, 0.05) is 50.5 Å². The maximum absolute atomic E-state index is 5.86. The van der Waals surface area contributed by atoms with Crippen LogP contribution in [0.3, 0.4) is 0 Å². The van der Waals surface area contributed by atoms with Crippen LogP contribution >= 0.6 is 0 Å². The number of hydrogen-bond donors (Lipinski definition) is 1. The van der Waals surface area contributed by atoms with Gasteiger partial charge in [0.05, 0.1) is 0 Å². The number of benzene rings is 1. The zero-order valence-electron chi connectivity index (χ0n) is 12.9. The van der Waals surface area contributed by atoms with Gasteiger partial charge in [-0.15, -0.1) is 0 Å². The van der Waals surface area contributed by atoms with E-state index in [1.807, 2.05) is 18.2 Å². The van der Waals surface area contributed by atoms with Gasteiger partial charge in [0.25, 0.3) is 0 Å². The second kappa shape index (κ2) is 6.95. The van der Waals surface area contributed by atoms with Crippen molar-refractivity contribution in [2.45, 2.75) is 26.8 Å². The van der Waals surface area contributed by atoms with Crippen LogP contribution in [0.4, 0.5) is 5.69 Å². The molecule has 1 aliphatic rings. The Kier molecular flexibility index (Phi) is 5.26. The number of nitrogens with zero attached hydrogens (tertiary/aromatic N) is 2. The molecule has 0 radical (unpaired) electrons. The molecule has 0 aliphatic carbocycles. The maximum Gasteiger partial charge on any atom is 0.124 e. The lowest BCUT2D eigenvalue weighted by atomic mass is 10.2. The van der Waals surface area contributed by atoms with Gasteiger partial charge in [-0.2, -0.15) is 0 Å². The van der Waals surface area contributed by atoms with Gasteiger partial charge >= 0.3 is 0 Å². The van der Waals surface area contributed by atoms with Gasteiger partial charge in [0.15, 0.2) is 0 Å². The van der Waals surface area contributed by atoms with Gasteiger partial charge in [-0.25, -0.2) is 0 Å². The van der Waals surface area contributed by atoms with Crippen LogP contribution in [0.1, 0.15) is 19.4 Å². The molecule has 112 valence electrons. The summed E-state index contributed by atoms with van der Waals surface area (Å²) in [4.78, 5) is 5.00. The van der Waals surface area contributed by atoms with Crippen LogP contribution in [-0.2, 0) is 0 Å². The van der Waals surface area contributed by atoms with Crippen LogP contribution in [0, 0.1) is 6.92 Å². The third kappa shape index (κ3) is 4.12. The summed E-state index contributed by atoms with van der Waals surface area (Å²) in [5.41, 5.74) is 7.69. The van der Waals surface area contributed by atoms with E-state index in [-0.39, 0.29) is 0 Å². The van der Waals surface area contributed by atoms with Crippen molar-refractivity contribution in [2.24, 2.45) is 0 Å². The van der Waals surface area contributed by atoms with Crippen molar-refractivity contribution in [3.05, 3.63) is 23.8 Å². The first kappa shape index (κ1) is 15.1. The first-order chi connectivity index (χ1) is 9.56. The van der Waals surface area contributed by atoms with Crippen molar-refractivity contribution >= 4 is 5.69 Å². The molecule has 0 bridgehead atoms. The van der Waals surface area contributed by atoms with E-state index in [2.05, 4.69) is 30.6 Å². The Hall–Kier alpha value is -1.26. The average molecular weight is 277 g/mol. The molecule has 2 N–H and O–H groups in total. The van der Waals surface area contributed by atoms with E-state index in [1.54, 1.807) is 0 Å². The van der Waals surface area contributed by atoms with Crippen molar-refractivity contribution in [1.29, 1.82) is 0 Å². The van der Waals surface area contributed by atoms with Crippen molar-refractivity contribution in [3.63, 3.8) is 0 Å². The van der Waals surface area contributed by atoms with Gasteiger partial charge in [-0.1, -0.05) is 6.07 Å². The summed E-state index contributed by atoms with van der Waals surface area (Å²) in [6.07, 6.45) is 0. The Balaban J connectivity index is 1.73. The summed E-state index contributed by atoms with van der Waals surface area (Å²) in [5.74, 6) is 0.908. The maximum atomic E-state index is 5.86. The minimum Gasteiger partial charge on any atom is -0.492 e. The fraction of sp³-hybridized carbons (Fsp3) is 0.625. The summed E-state index contributed by atoms with van der Waals surface area (Å²) in [6.45, 7) is 12.9. The summed E-state index contributed by atoms with van der Waals surface area (Å²) < 4.78 is 5.86. The fourth-order valence-electron chi connectivity index (χ4n) is 2.56. The van der Waals surface area contributed by atoms with Gasteiger partial charge in [0.2, 0.25) is 0 Å².